The molecule has 1 rings (SSSR count). The Labute approximate surface area is 105 Å². The van der Waals surface area contributed by atoms with E-state index < -0.39 is 40.1 Å². The number of nitrogens with zero attached hydrogens (tertiary/aromatic N) is 1. The molecule has 1 aromatic rings. The molecular weight excluding hydrogens is 271 g/mol. The van der Waals surface area contributed by atoms with E-state index in [0.717, 1.165) is 12.1 Å². The second-order valence-corrected chi connectivity index (χ2v) is 3.50. The number of hydrogen-bond donors (Lipinski definition) is 0. The normalized spacial score (nSPS) is 10.8. The fraction of sp³-hybridized carbons (Fsp3) is 0.182. The molecule has 18 heavy (non-hydrogen) atoms. The molecule has 0 saturated heterocycles. The molecule has 7 heteroatoms. The van der Waals surface area contributed by atoms with E-state index in [1.807, 2.05) is 0 Å². The van der Waals surface area contributed by atoms with E-state index in [-0.39, 0.29) is 6.29 Å². The molecule has 0 amide bonds. The Hall–Kier alpha value is -1.87. The minimum absolute atomic E-state index is 0.121. The van der Waals surface area contributed by atoms with Gasteiger partial charge in [-0.15, -0.1) is 11.6 Å². The van der Waals surface area contributed by atoms with Crippen molar-refractivity contribution in [2.45, 2.75) is 6.18 Å². The Morgan fingerprint density at radius 1 is 1.44 bits per heavy atom. The Morgan fingerprint density at radius 2 is 2.06 bits per heavy atom. The summed E-state index contributed by atoms with van der Waals surface area (Å²) in [5.74, 6) is -1.76. The molecule has 0 heterocycles. The van der Waals surface area contributed by atoms with E-state index in [1.54, 1.807) is 0 Å². The summed E-state index contributed by atoms with van der Waals surface area (Å²) in [6.07, 6.45) is -4.79. The van der Waals surface area contributed by atoms with Crippen LogP contribution in [0.4, 0.5) is 13.2 Å². The number of nitriles is 1. The van der Waals surface area contributed by atoms with Crippen molar-refractivity contribution in [3.8, 4) is 6.07 Å². The van der Waals surface area contributed by atoms with E-state index in [0.29, 0.717) is 0 Å². The van der Waals surface area contributed by atoms with Gasteiger partial charge >= 0.3 is 6.18 Å². The lowest BCUT2D eigenvalue weighted by Gasteiger charge is -2.14. The topological polar surface area (TPSA) is 57.9 Å². The second kappa shape index (κ2) is 5.19. The van der Waals surface area contributed by atoms with Gasteiger partial charge in [0.1, 0.15) is 0 Å². The van der Waals surface area contributed by atoms with Crippen molar-refractivity contribution in [2.24, 2.45) is 0 Å². The number of carbonyl (C=O) groups excluding carboxylic acids is 2. The van der Waals surface area contributed by atoms with Gasteiger partial charge < -0.3 is 0 Å². The first-order valence-corrected chi connectivity index (χ1v) is 5.09. The van der Waals surface area contributed by atoms with Crippen molar-refractivity contribution in [3.63, 3.8) is 0 Å². The van der Waals surface area contributed by atoms with Gasteiger partial charge in [0.15, 0.2) is 12.1 Å². The zero-order chi connectivity index (χ0) is 13.9. The molecule has 0 N–H and O–H groups in total. The molecule has 1 aromatic carbocycles. The van der Waals surface area contributed by atoms with Gasteiger partial charge in [0, 0.05) is 11.1 Å². The van der Waals surface area contributed by atoms with Gasteiger partial charge in [-0.2, -0.15) is 18.4 Å². The summed E-state index contributed by atoms with van der Waals surface area (Å²) in [5, 5.41) is 8.64. The quantitative estimate of drug-likeness (QED) is 0.484. The minimum atomic E-state index is -4.92. The summed E-state index contributed by atoms with van der Waals surface area (Å²) in [7, 11) is 0. The largest absolute Gasteiger partial charge is 0.418 e. The van der Waals surface area contributed by atoms with Crippen LogP contribution in [0.25, 0.3) is 0 Å². The Balaban J connectivity index is 3.77. The number of aldehydes is 1. The number of alkyl halides is 4. The van der Waals surface area contributed by atoms with Crippen LogP contribution in [0.3, 0.4) is 0 Å². The highest BCUT2D eigenvalue weighted by Gasteiger charge is 2.39. The maximum atomic E-state index is 12.8. The molecule has 0 bridgehead atoms. The first kappa shape index (κ1) is 14.2. The van der Waals surface area contributed by atoms with E-state index in [4.69, 9.17) is 16.9 Å². The van der Waals surface area contributed by atoms with Crippen LogP contribution in [0.15, 0.2) is 12.1 Å². The van der Waals surface area contributed by atoms with Crippen LogP contribution in [-0.2, 0) is 6.18 Å². The number of carbonyl (C=O) groups is 2. The van der Waals surface area contributed by atoms with Crippen molar-refractivity contribution >= 4 is 23.7 Å². The van der Waals surface area contributed by atoms with Crippen LogP contribution in [0, 0.1) is 11.3 Å². The zero-order valence-electron chi connectivity index (χ0n) is 8.71. The first-order chi connectivity index (χ1) is 8.36. The van der Waals surface area contributed by atoms with Gasteiger partial charge in [-0.3, -0.25) is 9.59 Å². The van der Waals surface area contributed by atoms with E-state index in [1.165, 1.54) is 6.07 Å². The molecule has 0 spiro atoms. The third-order valence-corrected chi connectivity index (χ3v) is 2.41. The average molecular weight is 276 g/mol. The predicted octanol–water partition coefficient (Wildman–Crippen LogP) is 2.81. The van der Waals surface area contributed by atoms with Gasteiger partial charge in [-0.25, -0.2) is 0 Å². The lowest BCUT2D eigenvalue weighted by atomic mass is 9.94. The maximum Gasteiger partial charge on any atom is 0.418 e. The molecule has 0 aliphatic heterocycles. The van der Waals surface area contributed by atoms with Gasteiger partial charge in [0.25, 0.3) is 0 Å². The monoisotopic (exact) mass is 275 g/mol. The average Bonchev–Trinajstić information content (AvgIpc) is 2.34. The number of ketones is 1. The fourth-order valence-electron chi connectivity index (χ4n) is 1.47. The standard InChI is InChI=1S/C11H5ClF3NO2/c12-3-8(18)9-7(5-17)2-1-6(4-16)10(9)11(13,14)15/h1-2,5H,3H2. The van der Waals surface area contributed by atoms with Gasteiger partial charge in [-0.05, 0) is 12.1 Å². The van der Waals surface area contributed by atoms with Crippen LogP contribution in [0.1, 0.15) is 31.8 Å². The van der Waals surface area contributed by atoms with Gasteiger partial charge in [0.05, 0.1) is 23.1 Å². The molecule has 94 valence electrons. The number of benzene rings is 1. The van der Waals surface area contributed by atoms with Crippen LogP contribution < -0.4 is 0 Å². The molecule has 0 fully saturated rings. The van der Waals surface area contributed by atoms with E-state index >= 15 is 0 Å². The molecule has 3 nitrogen and oxygen atoms in total. The zero-order valence-corrected chi connectivity index (χ0v) is 9.47. The summed E-state index contributed by atoms with van der Waals surface area (Å²) in [6.45, 7) is 0. The summed E-state index contributed by atoms with van der Waals surface area (Å²) in [4.78, 5) is 22.1. The fourth-order valence-corrected chi connectivity index (χ4v) is 1.61. The highest BCUT2D eigenvalue weighted by atomic mass is 35.5. The van der Waals surface area contributed by atoms with Gasteiger partial charge in [0.2, 0.25) is 0 Å². The smallest absolute Gasteiger partial charge is 0.298 e. The summed E-state index contributed by atoms with van der Waals surface area (Å²) < 4.78 is 38.5. The van der Waals surface area contributed by atoms with Crippen LogP contribution in [0.2, 0.25) is 0 Å². The Kier molecular flexibility index (Phi) is 4.09. The highest BCUT2D eigenvalue weighted by molar-refractivity contribution is 6.31. The number of Topliss-reactive ketones (excluding diaryl/α,β-unsaturated/α-hetero) is 1. The number of halogens is 4. The van der Waals surface area contributed by atoms with E-state index in [2.05, 4.69) is 0 Å². The molecule has 0 unspecified atom stereocenters. The van der Waals surface area contributed by atoms with Crippen molar-refractivity contribution in [1.82, 2.24) is 0 Å². The van der Waals surface area contributed by atoms with Crippen molar-refractivity contribution in [2.75, 3.05) is 5.88 Å². The predicted molar refractivity (Wildman–Crippen MR) is 56.6 cm³/mol. The minimum Gasteiger partial charge on any atom is -0.298 e. The van der Waals surface area contributed by atoms with Crippen LogP contribution >= 0.6 is 11.6 Å². The third kappa shape index (κ3) is 2.51. The number of rotatable bonds is 3. The molecule has 0 aliphatic rings. The van der Waals surface area contributed by atoms with E-state index in [9.17, 15) is 22.8 Å². The highest BCUT2D eigenvalue weighted by Crippen LogP contribution is 2.36. The molecule has 0 aromatic heterocycles. The SMILES string of the molecule is N#Cc1ccc(C=O)c(C(=O)CCl)c1C(F)(F)F. The summed E-state index contributed by atoms with van der Waals surface area (Å²) in [6, 6.07) is 3.17. The molecule has 0 radical (unpaired) electrons. The van der Waals surface area contributed by atoms with Crippen molar-refractivity contribution in [3.05, 3.63) is 34.4 Å². The Morgan fingerprint density at radius 3 is 2.44 bits per heavy atom. The third-order valence-electron chi connectivity index (χ3n) is 2.17. The first-order valence-electron chi connectivity index (χ1n) is 4.55. The lowest BCUT2D eigenvalue weighted by Crippen LogP contribution is -2.18. The Bertz CT molecular complexity index is 546. The summed E-state index contributed by atoms with van der Waals surface area (Å²) >= 11 is 5.22. The molecule has 0 saturated carbocycles. The van der Waals surface area contributed by atoms with Crippen LogP contribution in [-0.4, -0.2) is 17.9 Å². The maximum absolute atomic E-state index is 12.8. The molecule has 0 aliphatic carbocycles. The van der Waals surface area contributed by atoms with Gasteiger partial charge in [-0.1, -0.05) is 0 Å². The second-order valence-electron chi connectivity index (χ2n) is 3.24. The molecule has 0 atom stereocenters. The van der Waals surface area contributed by atoms with Crippen molar-refractivity contribution in [1.29, 1.82) is 5.26 Å². The van der Waals surface area contributed by atoms with Crippen LogP contribution in [0.5, 0.6) is 0 Å². The number of hydrogen-bond acceptors (Lipinski definition) is 3. The van der Waals surface area contributed by atoms with Crippen molar-refractivity contribution < 1.29 is 22.8 Å². The molecular formula is C11H5ClF3NO2. The summed E-state index contributed by atoms with van der Waals surface area (Å²) in [5.41, 5.74) is -3.43. The lowest BCUT2D eigenvalue weighted by molar-refractivity contribution is -0.138.